The highest BCUT2D eigenvalue weighted by atomic mass is 79.9. The molecule has 0 spiro atoms. The summed E-state index contributed by atoms with van der Waals surface area (Å²) in [5.41, 5.74) is 1.74. The van der Waals surface area contributed by atoms with Gasteiger partial charge in [-0.1, -0.05) is 18.2 Å². The lowest BCUT2D eigenvalue weighted by Gasteiger charge is -2.11. The highest BCUT2D eigenvalue weighted by Gasteiger charge is 2.22. The largest absolute Gasteiger partial charge is 0.488 e. The Bertz CT molecular complexity index is 584. The number of amides is 1. The minimum atomic E-state index is -0.120. The van der Waals surface area contributed by atoms with E-state index in [1.165, 1.54) is 5.56 Å². The third-order valence-corrected chi connectivity index (χ3v) is 3.55. The Hall–Kier alpha value is -1.75. The van der Waals surface area contributed by atoms with Gasteiger partial charge in [0.2, 0.25) is 0 Å². The summed E-state index contributed by atoms with van der Waals surface area (Å²) < 4.78 is 6.63. The molecule has 1 aliphatic heterocycles. The van der Waals surface area contributed by atoms with Crippen molar-refractivity contribution < 1.29 is 9.53 Å². The minimum absolute atomic E-state index is 0.0137. The molecule has 1 aromatic carbocycles. The molecule has 1 amide bonds. The van der Waals surface area contributed by atoms with Crippen LogP contribution in [-0.4, -0.2) is 23.5 Å². The molecule has 0 fully saturated rings. The number of carbonyl (C=O) groups is 1. The highest BCUT2D eigenvalue weighted by Crippen LogP contribution is 2.27. The van der Waals surface area contributed by atoms with Crippen molar-refractivity contribution in [3.05, 3.63) is 52.3 Å². The quantitative estimate of drug-likeness (QED) is 0.913. The van der Waals surface area contributed by atoms with E-state index in [0.717, 1.165) is 16.6 Å². The molecule has 0 unspecified atom stereocenters. The molecule has 2 N–H and O–H groups in total. The SMILES string of the molecule is O=C(NC[C@@H]1Cc2ccccc2O1)c1cc(Br)c[nH]1. The molecular formula is C14H13BrN2O2. The van der Waals surface area contributed by atoms with Crippen molar-refractivity contribution in [2.75, 3.05) is 6.54 Å². The molecule has 1 aliphatic rings. The average Bonchev–Trinajstić information content (AvgIpc) is 3.01. The Balaban J connectivity index is 1.56. The molecule has 1 aromatic heterocycles. The fourth-order valence-electron chi connectivity index (χ4n) is 2.17. The molecule has 2 aromatic rings. The number of aromatic amines is 1. The molecule has 19 heavy (non-hydrogen) atoms. The molecule has 0 aliphatic carbocycles. The fraction of sp³-hybridized carbons (Fsp3) is 0.214. The van der Waals surface area contributed by atoms with E-state index >= 15 is 0 Å². The number of para-hydroxylation sites is 1. The zero-order valence-electron chi connectivity index (χ0n) is 10.2. The number of fused-ring (bicyclic) bond motifs is 1. The number of halogens is 1. The lowest BCUT2D eigenvalue weighted by atomic mass is 10.1. The molecule has 0 bridgehead atoms. The first-order valence-electron chi connectivity index (χ1n) is 6.09. The summed E-state index contributed by atoms with van der Waals surface area (Å²) in [7, 11) is 0. The fourth-order valence-corrected chi connectivity index (χ4v) is 2.51. The lowest BCUT2D eigenvalue weighted by Crippen LogP contribution is -2.34. The van der Waals surface area contributed by atoms with Crippen molar-refractivity contribution in [3.63, 3.8) is 0 Å². The third-order valence-electron chi connectivity index (χ3n) is 3.10. The van der Waals surface area contributed by atoms with Crippen molar-refractivity contribution in [2.24, 2.45) is 0 Å². The van der Waals surface area contributed by atoms with E-state index in [-0.39, 0.29) is 12.0 Å². The monoisotopic (exact) mass is 320 g/mol. The number of carbonyl (C=O) groups excluding carboxylic acids is 1. The topological polar surface area (TPSA) is 54.1 Å². The van der Waals surface area contributed by atoms with Crippen LogP contribution in [0.2, 0.25) is 0 Å². The summed E-state index contributed by atoms with van der Waals surface area (Å²) in [4.78, 5) is 14.8. The maximum absolute atomic E-state index is 11.9. The molecule has 3 rings (SSSR count). The summed E-state index contributed by atoms with van der Waals surface area (Å²) in [6.45, 7) is 0.504. The Morgan fingerprint density at radius 3 is 3.05 bits per heavy atom. The number of aromatic nitrogens is 1. The van der Waals surface area contributed by atoms with E-state index in [0.29, 0.717) is 12.2 Å². The van der Waals surface area contributed by atoms with Crippen molar-refractivity contribution in [2.45, 2.75) is 12.5 Å². The van der Waals surface area contributed by atoms with Gasteiger partial charge in [0, 0.05) is 17.1 Å². The van der Waals surface area contributed by atoms with Gasteiger partial charge in [-0.15, -0.1) is 0 Å². The van der Waals surface area contributed by atoms with E-state index in [9.17, 15) is 4.79 Å². The summed E-state index contributed by atoms with van der Waals surface area (Å²) in [5, 5.41) is 2.87. The molecule has 2 heterocycles. The van der Waals surface area contributed by atoms with Gasteiger partial charge in [-0.05, 0) is 33.6 Å². The van der Waals surface area contributed by atoms with Crippen LogP contribution in [-0.2, 0) is 6.42 Å². The molecular weight excluding hydrogens is 308 g/mol. The number of hydrogen-bond donors (Lipinski definition) is 2. The summed E-state index contributed by atoms with van der Waals surface area (Å²) >= 11 is 3.30. The molecule has 5 heteroatoms. The molecule has 98 valence electrons. The number of hydrogen-bond acceptors (Lipinski definition) is 2. The van der Waals surface area contributed by atoms with Gasteiger partial charge in [-0.3, -0.25) is 4.79 Å². The molecule has 1 atom stereocenters. The zero-order valence-corrected chi connectivity index (χ0v) is 11.7. The molecule has 0 radical (unpaired) electrons. The zero-order chi connectivity index (χ0) is 13.2. The molecule has 4 nitrogen and oxygen atoms in total. The number of rotatable bonds is 3. The van der Waals surface area contributed by atoms with Crippen molar-refractivity contribution in [1.29, 1.82) is 0 Å². The maximum atomic E-state index is 11.9. The van der Waals surface area contributed by atoms with Gasteiger partial charge in [-0.25, -0.2) is 0 Å². The van der Waals surface area contributed by atoms with Crippen LogP contribution in [0.1, 0.15) is 16.1 Å². The van der Waals surface area contributed by atoms with Crippen LogP contribution in [0.3, 0.4) is 0 Å². The Morgan fingerprint density at radius 1 is 1.47 bits per heavy atom. The summed E-state index contributed by atoms with van der Waals surface area (Å²) in [5.74, 6) is 0.801. The van der Waals surface area contributed by atoms with Crippen LogP contribution in [0.5, 0.6) is 5.75 Å². The van der Waals surface area contributed by atoms with E-state index in [2.05, 4.69) is 32.3 Å². The van der Waals surface area contributed by atoms with Crippen molar-refractivity contribution in [3.8, 4) is 5.75 Å². The molecule has 0 saturated heterocycles. The van der Waals surface area contributed by atoms with Gasteiger partial charge >= 0.3 is 0 Å². The maximum Gasteiger partial charge on any atom is 0.267 e. The van der Waals surface area contributed by atoms with Crippen LogP contribution >= 0.6 is 15.9 Å². The third kappa shape index (κ3) is 2.66. The summed E-state index contributed by atoms with van der Waals surface area (Å²) in [6.07, 6.45) is 2.58. The highest BCUT2D eigenvalue weighted by molar-refractivity contribution is 9.10. The number of benzene rings is 1. The Morgan fingerprint density at radius 2 is 2.32 bits per heavy atom. The van der Waals surface area contributed by atoms with E-state index in [4.69, 9.17) is 4.74 Å². The smallest absolute Gasteiger partial charge is 0.267 e. The first-order valence-corrected chi connectivity index (χ1v) is 6.88. The Kier molecular flexibility index (Phi) is 3.29. The van der Waals surface area contributed by atoms with E-state index in [1.807, 2.05) is 18.2 Å². The van der Waals surface area contributed by atoms with Gasteiger partial charge in [-0.2, -0.15) is 0 Å². The lowest BCUT2D eigenvalue weighted by molar-refractivity contribution is 0.0929. The summed E-state index contributed by atoms with van der Waals surface area (Å²) in [6, 6.07) is 9.72. The van der Waals surface area contributed by atoms with Gasteiger partial charge in [0.05, 0.1) is 6.54 Å². The van der Waals surface area contributed by atoms with Crippen LogP contribution in [0.15, 0.2) is 41.0 Å². The minimum Gasteiger partial charge on any atom is -0.488 e. The van der Waals surface area contributed by atoms with Gasteiger partial charge in [0.25, 0.3) is 5.91 Å². The molecule has 0 saturated carbocycles. The second kappa shape index (κ2) is 5.09. The Labute approximate surface area is 119 Å². The first kappa shape index (κ1) is 12.3. The van der Waals surface area contributed by atoms with Gasteiger partial charge in [0.1, 0.15) is 17.5 Å². The van der Waals surface area contributed by atoms with E-state index < -0.39 is 0 Å². The standard InChI is InChI=1S/C14H13BrN2O2/c15-10-6-12(16-7-10)14(18)17-8-11-5-9-3-1-2-4-13(9)19-11/h1-4,6-7,11,16H,5,8H2,(H,17,18)/t11-/m0/s1. The second-order valence-corrected chi connectivity index (χ2v) is 5.41. The van der Waals surface area contributed by atoms with Gasteiger partial charge < -0.3 is 15.0 Å². The number of ether oxygens (including phenoxy) is 1. The van der Waals surface area contributed by atoms with Crippen molar-refractivity contribution in [1.82, 2.24) is 10.3 Å². The van der Waals surface area contributed by atoms with Crippen LogP contribution in [0.4, 0.5) is 0 Å². The van der Waals surface area contributed by atoms with Gasteiger partial charge in [0.15, 0.2) is 0 Å². The van der Waals surface area contributed by atoms with E-state index in [1.54, 1.807) is 12.3 Å². The van der Waals surface area contributed by atoms with Crippen LogP contribution < -0.4 is 10.1 Å². The van der Waals surface area contributed by atoms with Crippen LogP contribution in [0, 0.1) is 0 Å². The van der Waals surface area contributed by atoms with Crippen LogP contribution in [0.25, 0.3) is 0 Å². The average molecular weight is 321 g/mol. The predicted octanol–water partition coefficient (Wildman–Crippen LogP) is 2.51. The first-order chi connectivity index (χ1) is 9.22. The van der Waals surface area contributed by atoms with Crippen molar-refractivity contribution >= 4 is 21.8 Å². The second-order valence-electron chi connectivity index (χ2n) is 4.49. The number of nitrogens with one attached hydrogen (secondary N) is 2. The normalized spacial score (nSPS) is 16.8. The predicted molar refractivity (Wildman–Crippen MR) is 75.4 cm³/mol. The number of H-pyrrole nitrogens is 1.